The van der Waals surface area contributed by atoms with Gasteiger partial charge in [0.15, 0.2) is 0 Å². The minimum Gasteiger partial charge on any atom is -0.481 e. The number of H-pyrrole nitrogens is 2. The number of fused-ring (bicyclic) bond motifs is 1. The highest BCUT2D eigenvalue weighted by molar-refractivity contribution is 5.75. The average molecular weight is 249 g/mol. The highest BCUT2D eigenvalue weighted by atomic mass is 16.4. The number of hydrogen-bond donors (Lipinski definition) is 4. The predicted molar refractivity (Wildman–Crippen MR) is 67.3 cm³/mol. The number of aliphatic carboxylic acids is 1. The molecule has 0 saturated heterocycles. The third-order valence-electron chi connectivity index (χ3n) is 3.00. The molecule has 0 aliphatic heterocycles. The van der Waals surface area contributed by atoms with Crippen molar-refractivity contribution in [1.82, 2.24) is 9.97 Å². The maximum Gasteiger partial charge on any atom is 0.323 e. The van der Waals surface area contributed by atoms with Crippen LogP contribution in [-0.2, 0) is 4.79 Å². The number of nitrogens with two attached hydrogens (primary N) is 1. The van der Waals surface area contributed by atoms with Crippen molar-refractivity contribution in [3.8, 4) is 0 Å². The number of benzene rings is 1. The Balaban J connectivity index is 2.24. The topological polar surface area (TPSA) is 112 Å². The van der Waals surface area contributed by atoms with E-state index in [1.807, 2.05) is 0 Å². The van der Waals surface area contributed by atoms with Gasteiger partial charge < -0.3 is 20.8 Å². The van der Waals surface area contributed by atoms with Gasteiger partial charge in [-0.3, -0.25) is 4.79 Å². The summed E-state index contributed by atoms with van der Waals surface area (Å²) in [5.41, 5.74) is 7.90. The molecule has 5 N–H and O–H groups in total. The zero-order chi connectivity index (χ0) is 13.3. The Morgan fingerprint density at radius 3 is 2.72 bits per heavy atom. The van der Waals surface area contributed by atoms with Gasteiger partial charge in [-0.05, 0) is 24.1 Å². The summed E-state index contributed by atoms with van der Waals surface area (Å²) in [7, 11) is 0. The summed E-state index contributed by atoms with van der Waals surface area (Å²) < 4.78 is 0. The molecule has 0 saturated carbocycles. The maximum absolute atomic E-state index is 11.1. The first-order valence-corrected chi connectivity index (χ1v) is 5.67. The fraction of sp³-hybridized carbons (Fsp3) is 0.333. The summed E-state index contributed by atoms with van der Waals surface area (Å²) in [6.45, 7) is 1.62. The molecule has 0 aliphatic rings. The van der Waals surface area contributed by atoms with E-state index in [1.54, 1.807) is 25.1 Å². The van der Waals surface area contributed by atoms with Gasteiger partial charge in [-0.1, -0.05) is 13.0 Å². The average Bonchev–Trinajstić information content (AvgIpc) is 2.67. The molecule has 0 fully saturated rings. The Kier molecular flexibility index (Phi) is 3.20. The Morgan fingerprint density at radius 2 is 2.06 bits per heavy atom. The summed E-state index contributed by atoms with van der Waals surface area (Å²) in [6.07, 6.45) is 0.357. The Hall–Kier alpha value is -2.08. The molecule has 2 unspecified atom stereocenters. The van der Waals surface area contributed by atoms with Crippen molar-refractivity contribution < 1.29 is 9.90 Å². The Labute approximate surface area is 103 Å². The second-order valence-corrected chi connectivity index (χ2v) is 4.47. The van der Waals surface area contributed by atoms with Gasteiger partial charge in [0.2, 0.25) is 0 Å². The second-order valence-electron chi connectivity index (χ2n) is 4.47. The number of aromatic amines is 2. The van der Waals surface area contributed by atoms with Crippen molar-refractivity contribution in [3.05, 3.63) is 34.2 Å². The molecule has 6 heteroatoms. The molecule has 1 heterocycles. The lowest BCUT2D eigenvalue weighted by Crippen LogP contribution is -2.19. The van der Waals surface area contributed by atoms with Crippen molar-refractivity contribution in [3.63, 3.8) is 0 Å². The molecular formula is C12H15N3O3. The molecule has 1 aromatic carbocycles. The van der Waals surface area contributed by atoms with Crippen molar-refractivity contribution in [2.24, 2.45) is 11.7 Å². The molecule has 18 heavy (non-hydrogen) atoms. The number of hydrogen-bond acceptors (Lipinski definition) is 3. The van der Waals surface area contributed by atoms with Gasteiger partial charge in [0.1, 0.15) is 0 Å². The van der Waals surface area contributed by atoms with E-state index >= 15 is 0 Å². The van der Waals surface area contributed by atoms with Gasteiger partial charge in [0.05, 0.1) is 17.0 Å². The van der Waals surface area contributed by atoms with E-state index in [-0.39, 0.29) is 11.7 Å². The van der Waals surface area contributed by atoms with Gasteiger partial charge >= 0.3 is 11.7 Å². The lowest BCUT2D eigenvalue weighted by molar-refractivity contribution is -0.141. The molecule has 2 aromatic rings. The number of carbonyl (C=O) groups is 1. The summed E-state index contributed by atoms with van der Waals surface area (Å²) >= 11 is 0. The van der Waals surface area contributed by atoms with Crippen LogP contribution >= 0.6 is 0 Å². The number of rotatable bonds is 4. The van der Waals surface area contributed by atoms with E-state index in [9.17, 15) is 9.59 Å². The Bertz CT molecular complexity index is 629. The van der Waals surface area contributed by atoms with Gasteiger partial charge in [0.25, 0.3) is 0 Å². The molecule has 0 spiro atoms. The largest absolute Gasteiger partial charge is 0.481 e. The first kappa shape index (κ1) is 12.4. The van der Waals surface area contributed by atoms with E-state index in [4.69, 9.17) is 10.8 Å². The number of imidazole rings is 1. The lowest BCUT2D eigenvalue weighted by Gasteiger charge is -2.14. The van der Waals surface area contributed by atoms with Gasteiger partial charge in [-0.2, -0.15) is 0 Å². The van der Waals surface area contributed by atoms with Gasteiger partial charge in [-0.25, -0.2) is 4.79 Å². The summed E-state index contributed by atoms with van der Waals surface area (Å²) in [5, 5.41) is 8.84. The van der Waals surface area contributed by atoms with E-state index in [0.29, 0.717) is 17.5 Å². The van der Waals surface area contributed by atoms with E-state index in [2.05, 4.69) is 9.97 Å². The monoisotopic (exact) mass is 249 g/mol. The second kappa shape index (κ2) is 4.66. The number of nitrogens with one attached hydrogen (secondary N) is 2. The van der Waals surface area contributed by atoms with Crippen LogP contribution in [0.1, 0.15) is 24.9 Å². The van der Waals surface area contributed by atoms with E-state index in [0.717, 1.165) is 5.56 Å². The summed E-state index contributed by atoms with van der Waals surface area (Å²) in [6, 6.07) is 4.96. The molecule has 0 amide bonds. The van der Waals surface area contributed by atoms with Crippen molar-refractivity contribution >= 4 is 17.0 Å². The van der Waals surface area contributed by atoms with E-state index in [1.165, 1.54) is 0 Å². The van der Waals surface area contributed by atoms with E-state index < -0.39 is 11.9 Å². The molecule has 0 bridgehead atoms. The van der Waals surface area contributed by atoms with Crippen LogP contribution in [0.2, 0.25) is 0 Å². The van der Waals surface area contributed by atoms with Gasteiger partial charge in [-0.15, -0.1) is 0 Å². The van der Waals surface area contributed by atoms with Crippen LogP contribution in [0.4, 0.5) is 0 Å². The standard InChI is InChI=1S/C12H15N3O3/c1-6(11(16)17)4-8(13)7-2-3-9-10(5-7)15-12(18)14-9/h2-3,5-6,8H,4,13H2,1H3,(H,16,17)(H2,14,15,18). The number of carboxylic acids is 1. The third kappa shape index (κ3) is 2.43. The third-order valence-corrected chi connectivity index (χ3v) is 3.00. The first-order valence-electron chi connectivity index (χ1n) is 5.67. The minimum atomic E-state index is -0.860. The maximum atomic E-state index is 11.1. The van der Waals surface area contributed by atoms with Crippen LogP contribution < -0.4 is 11.4 Å². The fourth-order valence-electron chi connectivity index (χ4n) is 1.90. The minimum absolute atomic E-state index is 0.269. The Morgan fingerprint density at radius 1 is 1.39 bits per heavy atom. The zero-order valence-electron chi connectivity index (χ0n) is 9.93. The van der Waals surface area contributed by atoms with Crippen LogP contribution in [0.25, 0.3) is 11.0 Å². The highest BCUT2D eigenvalue weighted by Gasteiger charge is 2.17. The van der Waals surface area contributed by atoms with Gasteiger partial charge in [0, 0.05) is 6.04 Å². The molecular weight excluding hydrogens is 234 g/mol. The number of carboxylic acid groups (broad SMARTS) is 1. The van der Waals surface area contributed by atoms with Crippen LogP contribution in [0.3, 0.4) is 0 Å². The summed E-state index contributed by atoms with van der Waals surface area (Å²) in [4.78, 5) is 27.2. The molecule has 2 rings (SSSR count). The predicted octanol–water partition coefficient (Wildman–Crippen LogP) is 0.967. The molecule has 96 valence electrons. The molecule has 0 radical (unpaired) electrons. The SMILES string of the molecule is CC(CC(N)c1ccc2[nH]c(=O)[nH]c2c1)C(=O)O. The smallest absolute Gasteiger partial charge is 0.323 e. The van der Waals surface area contributed by atoms with Crippen LogP contribution in [0.5, 0.6) is 0 Å². The quantitative estimate of drug-likeness (QED) is 0.646. The first-order chi connectivity index (χ1) is 8.47. The molecule has 1 aromatic heterocycles. The zero-order valence-corrected chi connectivity index (χ0v) is 9.93. The van der Waals surface area contributed by atoms with Crippen molar-refractivity contribution in [2.75, 3.05) is 0 Å². The van der Waals surface area contributed by atoms with Crippen LogP contribution in [0.15, 0.2) is 23.0 Å². The molecule has 6 nitrogen and oxygen atoms in total. The molecule has 0 aliphatic carbocycles. The van der Waals surface area contributed by atoms with Crippen LogP contribution in [0, 0.1) is 5.92 Å². The van der Waals surface area contributed by atoms with Crippen LogP contribution in [-0.4, -0.2) is 21.0 Å². The molecule has 2 atom stereocenters. The fourth-order valence-corrected chi connectivity index (χ4v) is 1.90. The van der Waals surface area contributed by atoms with Crippen molar-refractivity contribution in [1.29, 1.82) is 0 Å². The summed E-state index contributed by atoms with van der Waals surface area (Å²) in [5.74, 6) is -1.36. The number of aromatic nitrogens is 2. The van der Waals surface area contributed by atoms with Crippen molar-refractivity contribution in [2.45, 2.75) is 19.4 Å². The normalized spacial score (nSPS) is 14.6. The highest BCUT2D eigenvalue weighted by Crippen LogP contribution is 2.21. The lowest BCUT2D eigenvalue weighted by atomic mass is 9.96.